The Labute approximate surface area is 159 Å². The molecule has 0 unspecified atom stereocenters. The van der Waals surface area contributed by atoms with Gasteiger partial charge in [0.1, 0.15) is 5.69 Å². The molecular weight excluding hydrogens is 350 g/mol. The fraction of sp³-hybridized carbons (Fsp3) is 0.421. The summed E-state index contributed by atoms with van der Waals surface area (Å²) in [6.07, 6.45) is 0.978. The molecule has 2 heterocycles. The third-order valence-corrected chi connectivity index (χ3v) is 4.58. The quantitative estimate of drug-likeness (QED) is 0.871. The summed E-state index contributed by atoms with van der Waals surface area (Å²) in [5, 5.41) is 3.88. The highest BCUT2D eigenvalue weighted by atomic mass is 35.5. The van der Waals surface area contributed by atoms with Gasteiger partial charge in [-0.2, -0.15) is 0 Å². The summed E-state index contributed by atoms with van der Waals surface area (Å²) in [4.78, 5) is 25.7. The number of rotatable bonds is 5. The Morgan fingerprint density at radius 1 is 1.19 bits per heavy atom. The Morgan fingerprint density at radius 3 is 2.65 bits per heavy atom. The highest BCUT2D eigenvalue weighted by molar-refractivity contribution is 6.30. The SMILES string of the molecule is CCCNc1nc(C)cc(C(=O)N2CCN(c3cccc(Cl)c3)CC2)n1. The average Bonchev–Trinajstić information content (AvgIpc) is 2.65. The van der Waals surface area contributed by atoms with Crippen molar-refractivity contribution in [1.82, 2.24) is 14.9 Å². The number of piperazine rings is 1. The molecule has 1 aromatic carbocycles. The Bertz CT molecular complexity index is 774. The monoisotopic (exact) mass is 373 g/mol. The highest BCUT2D eigenvalue weighted by Gasteiger charge is 2.24. The van der Waals surface area contributed by atoms with E-state index in [-0.39, 0.29) is 5.91 Å². The molecule has 7 heteroatoms. The van der Waals surface area contributed by atoms with Gasteiger partial charge in [0.2, 0.25) is 5.95 Å². The zero-order valence-corrected chi connectivity index (χ0v) is 16.0. The summed E-state index contributed by atoms with van der Waals surface area (Å²) < 4.78 is 0. The molecule has 1 aromatic heterocycles. The van der Waals surface area contributed by atoms with Crippen LogP contribution in [-0.4, -0.2) is 53.5 Å². The maximum Gasteiger partial charge on any atom is 0.272 e. The Balaban J connectivity index is 1.66. The van der Waals surface area contributed by atoms with Crippen LogP contribution in [-0.2, 0) is 0 Å². The Kier molecular flexibility index (Phi) is 5.93. The van der Waals surface area contributed by atoms with Crippen molar-refractivity contribution in [2.24, 2.45) is 0 Å². The van der Waals surface area contributed by atoms with Gasteiger partial charge in [-0.3, -0.25) is 4.79 Å². The van der Waals surface area contributed by atoms with Crippen LogP contribution >= 0.6 is 11.6 Å². The number of carbonyl (C=O) groups excluding carboxylic acids is 1. The van der Waals surface area contributed by atoms with Crippen molar-refractivity contribution < 1.29 is 4.79 Å². The van der Waals surface area contributed by atoms with E-state index in [1.807, 2.05) is 36.1 Å². The summed E-state index contributed by atoms with van der Waals surface area (Å²) in [5.74, 6) is 0.480. The van der Waals surface area contributed by atoms with Crippen molar-refractivity contribution >= 4 is 29.1 Å². The van der Waals surface area contributed by atoms with Crippen molar-refractivity contribution in [1.29, 1.82) is 0 Å². The van der Waals surface area contributed by atoms with E-state index < -0.39 is 0 Å². The van der Waals surface area contributed by atoms with Gasteiger partial charge in [-0.05, 0) is 37.6 Å². The maximum absolute atomic E-state index is 12.8. The molecule has 3 rings (SSSR count). The van der Waals surface area contributed by atoms with Crippen LogP contribution in [0, 0.1) is 6.92 Å². The molecule has 0 radical (unpaired) electrons. The Morgan fingerprint density at radius 2 is 1.96 bits per heavy atom. The van der Waals surface area contributed by atoms with Crippen LogP contribution in [0.15, 0.2) is 30.3 Å². The van der Waals surface area contributed by atoms with Crippen LogP contribution in [0.4, 0.5) is 11.6 Å². The molecule has 1 N–H and O–H groups in total. The van der Waals surface area contributed by atoms with Crippen molar-refractivity contribution in [3.63, 3.8) is 0 Å². The topological polar surface area (TPSA) is 61.4 Å². The van der Waals surface area contributed by atoms with Crippen LogP contribution in [0.25, 0.3) is 0 Å². The second-order valence-corrected chi connectivity index (χ2v) is 6.84. The zero-order valence-electron chi connectivity index (χ0n) is 15.2. The van der Waals surface area contributed by atoms with Crippen LogP contribution in [0.3, 0.4) is 0 Å². The van der Waals surface area contributed by atoms with E-state index in [1.54, 1.807) is 6.07 Å². The van der Waals surface area contributed by atoms with Gasteiger partial charge in [-0.25, -0.2) is 9.97 Å². The zero-order chi connectivity index (χ0) is 18.5. The predicted molar refractivity (Wildman–Crippen MR) is 105 cm³/mol. The Hall–Kier alpha value is -2.34. The molecule has 26 heavy (non-hydrogen) atoms. The van der Waals surface area contributed by atoms with Crippen LogP contribution in [0.5, 0.6) is 0 Å². The molecule has 0 bridgehead atoms. The molecule has 1 aliphatic rings. The molecule has 0 aliphatic carbocycles. The third kappa shape index (κ3) is 4.43. The number of amides is 1. The first-order valence-corrected chi connectivity index (χ1v) is 9.34. The normalized spacial score (nSPS) is 14.4. The van der Waals surface area contributed by atoms with Crippen LogP contribution < -0.4 is 10.2 Å². The lowest BCUT2D eigenvalue weighted by Gasteiger charge is -2.36. The minimum atomic E-state index is -0.0409. The number of nitrogens with zero attached hydrogens (tertiary/aromatic N) is 4. The predicted octanol–water partition coefficient (Wildman–Crippen LogP) is 3.22. The molecule has 1 fully saturated rings. The van der Waals surface area contributed by atoms with Crippen molar-refractivity contribution in [3.8, 4) is 0 Å². The molecule has 2 aromatic rings. The fourth-order valence-electron chi connectivity index (χ4n) is 3.00. The molecular formula is C19H24ClN5O. The molecule has 138 valence electrons. The van der Waals surface area contributed by atoms with Crippen molar-refractivity contribution in [3.05, 3.63) is 46.7 Å². The highest BCUT2D eigenvalue weighted by Crippen LogP contribution is 2.21. The van der Waals surface area contributed by atoms with E-state index >= 15 is 0 Å². The summed E-state index contributed by atoms with van der Waals surface area (Å²) in [6.45, 7) is 7.61. The number of benzene rings is 1. The van der Waals surface area contributed by atoms with Gasteiger partial charge in [0.05, 0.1) is 0 Å². The van der Waals surface area contributed by atoms with Crippen molar-refractivity contribution in [2.75, 3.05) is 42.9 Å². The molecule has 1 saturated heterocycles. The lowest BCUT2D eigenvalue weighted by molar-refractivity contribution is 0.0740. The maximum atomic E-state index is 12.8. The third-order valence-electron chi connectivity index (χ3n) is 4.35. The fourth-order valence-corrected chi connectivity index (χ4v) is 3.18. The lowest BCUT2D eigenvalue weighted by atomic mass is 10.2. The summed E-state index contributed by atoms with van der Waals surface area (Å²) in [6, 6.07) is 9.57. The molecule has 6 nitrogen and oxygen atoms in total. The van der Waals surface area contributed by atoms with Gasteiger partial charge in [-0.1, -0.05) is 24.6 Å². The van der Waals surface area contributed by atoms with Crippen LogP contribution in [0.2, 0.25) is 5.02 Å². The second kappa shape index (κ2) is 8.36. The molecule has 0 spiro atoms. The summed E-state index contributed by atoms with van der Waals surface area (Å²) in [7, 11) is 0. The number of aryl methyl sites for hydroxylation is 1. The van der Waals surface area contributed by atoms with Gasteiger partial charge < -0.3 is 15.1 Å². The number of anilines is 2. The van der Waals surface area contributed by atoms with E-state index in [1.165, 1.54) is 0 Å². The van der Waals surface area contributed by atoms with Gasteiger partial charge in [0.25, 0.3) is 5.91 Å². The first-order valence-electron chi connectivity index (χ1n) is 8.96. The molecule has 1 aliphatic heterocycles. The number of halogens is 1. The largest absolute Gasteiger partial charge is 0.368 e. The number of carbonyl (C=O) groups is 1. The molecule has 1 amide bonds. The van der Waals surface area contributed by atoms with Gasteiger partial charge in [0, 0.05) is 49.1 Å². The second-order valence-electron chi connectivity index (χ2n) is 6.40. The number of aromatic nitrogens is 2. The van der Waals surface area contributed by atoms with E-state index in [2.05, 4.69) is 27.1 Å². The first-order chi connectivity index (χ1) is 12.6. The smallest absolute Gasteiger partial charge is 0.272 e. The molecule has 0 saturated carbocycles. The van der Waals surface area contributed by atoms with Crippen LogP contribution in [0.1, 0.15) is 29.5 Å². The summed E-state index contributed by atoms with van der Waals surface area (Å²) in [5.41, 5.74) is 2.33. The number of hydrogen-bond donors (Lipinski definition) is 1. The number of hydrogen-bond acceptors (Lipinski definition) is 5. The van der Waals surface area contributed by atoms with Crippen molar-refractivity contribution in [2.45, 2.75) is 20.3 Å². The van der Waals surface area contributed by atoms with E-state index in [0.717, 1.165) is 42.5 Å². The van der Waals surface area contributed by atoms with E-state index in [4.69, 9.17) is 11.6 Å². The van der Waals surface area contributed by atoms with E-state index in [9.17, 15) is 4.79 Å². The lowest BCUT2D eigenvalue weighted by Crippen LogP contribution is -2.49. The average molecular weight is 374 g/mol. The van der Waals surface area contributed by atoms with Gasteiger partial charge in [-0.15, -0.1) is 0 Å². The first kappa shape index (κ1) is 18.5. The standard InChI is InChI=1S/C19H24ClN5O/c1-3-7-21-19-22-14(2)12-17(23-19)18(26)25-10-8-24(9-11-25)16-6-4-5-15(20)13-16/h4-6,12-13H,3,7-11H2,1-2H3,(H,21,22,23). The minimum absolute atomic E-state index is 0.0409. The van der Waals surface area contributed by atoms with Gasteiger partial charge in [0.15, 0.2) is 0 Å². The minimum Gasteiger partial charge on any atom is -0.368 e. The van der Waals surface area contributed by atoms with Gasteiger partial charge >= 0.3 is 0 Å². The number of nitrogens with one attached hydrogen (secondary N) is 1. The summed E-state index contributed by atoms with van der Waals surface area (Å²) >= 11 is 6.08. The van der Waals surface area contributed by atoms with E-state index in [0.29, 0.717) is 24.7 Å². The molecule has 0 atom stereocenters.